The number of para-hydroxylation sites is 1. The van der Waals surface area contributed by atoms with Crippen LogP contribution in [0, 0.1) is 0 Å². The summed E-state index contributed by atoms with van der Waals surface area (Å²) in [7, 11) is 0. The van der Waals surface area contributed by atoms with E-state index in [1.807, 2.05) is 36.4 Å². The second-order valence-corrected chi connectivity index (χ2v) is 8.23. The Morgan fingerprint density at radius 2 is 1.41 bits per heavy atom. The van der Waals surface area contributed by atoms with Crippen LogP contribution in [-0.4, -0.2) is 11.3 Å². The Bertz CT molecular complexity index is 1080. The molecule has 3 aromatic rings. The first kappa shape index (κ1) is 18.9. The van der Waals surface area contributed by atoms with E-state index in [4.69, 9.17) is 4.74 Å². The van der Waals surface area contributed by atoms with Crippen LogP contribution in [0.5, 0.6) is 5.75 Å². The molecular weight excluding hydrogens is 354 g/mol. The summed E-state index contributed by atoms with van der Waals surface area (Å²) in [5.74, 6) is 1.74. The van der Waals surface area contributed by atoms with Crippen molar-refractivity contribution in [2.75, 3.05) is 0 Å². The van der Waals surface area contributed by atoms with Crippen molar-refractivity contribution in [2.24, 2.45) is 0 Å². The van der Waals surface area contributed by atoms with E-state index >= 15 is 0 Å². The molecule has 0 radical (unpaired) electrons. The molecule has 2 heteroatoms. The van der Waals surface area contributed by atoms with Crippen LogP contribution in [0.1, 0.15) is 37.5 Å². The smallest absolute Gasteiger partial charge is 0.206 e. The van der Waals surface area contributed by atoms with Crippen molar-refractivity contribution in [1.82, 2.24) is 0 Å². The van der Waals surface area contributed by atoms with Crippen LogP contribution in [0.4, 0.5) is 0 Å². The van der Waals surface area contributed by atoms with E-state index in [9.17, 15) is 0 Å². The van der Waals surface area contributed by atoms with E-state index < -0.39 is 0 Å². The van der Waals surface area contributed by atoms with E-state index in [2.05, 4.69) is 86.4 Å². The molecule has 0 aromatic heterocycles. The second kappa shape index (κ2) is 7.92. The van der Waals surface area contributed by atoms with E-state index in [0.29, 0.717) is 0 Å². The van der Waals surface area contributed by atoms with Gasteiger partial charge in [0.25, 0.3) is 0 Å². The third-order valence-corrected chi connectivity index (χ3v) is 4.66. The first-order valence-corrected chi connectivity index (χ1v) is 9.96. The van der Waals surface area contributed by atoms with E-state index in [-0.39, 0.29) is 5.54 Å². The van der Waals surface area contributed by atoms with Crippen LogP contribution in [0.2, 0.25) is 0 Å². The lowest BCUT2D eigenvalue weighted by molar-refractivity contribution is -0.537. The van der Waals surface area contributed by atoms with Crippen molar-refractivity contribution in [1.29, 1.82) is 0 Å². The third-order valence-electron chi connectivity index (χ3n) is 4.66. The number of allylic oxidation sites excluding steroid dienone is 3. The summed E-state index contributed by atoms with van der Waals surface area (Å²) in [5.41, 5.74) is 5.48. The predicted molar refractivity (Wildman–Crippen MR) is 121 cm³/mol. The Hall–Kier alpha value is -3.39. The molecule has 0 unspecified atom stereocenters. The number of hydrogen-bond acceptors (Lipinski definition) is 1. The molecule has 0 aliphatic carbocycles. The summed E-state index contributed by atoms with van der Waals surface area (Å²) in [5, 5.41) is 0. The van der Waals surface area contributed by atoms with Gasteiger partial charge in [-0.1, -0.05) is 66.7 Å². The molecule has 4 rings (SSSR count). The first-order chi connectivity index (χ1) is 14.0. The molecule has 1 heterocycles. The Labute approximate surface area is 172 Å². The molecule has 3 aromatic carbocycles. The van der Waals surface area contributed by atoms with Crippen LogP contribution in [0.25, 0.3) is 11.3 Å². The molecule has 0 spiro atoms. The summed E-state index contributed by atoms with van der Waals surface area (Å²) in [6.45, 7) is 6.53. The van der Waals surface area contributed by atoms with Crippen LogP contribution in [-0.2, 0) is 0 Å². The SMILES string of the molecule is CC(C)(C)[NH+]=C(/C=C1/C=C(c2ccccc2)Oc2ccccc21)c1ccccc1. The van der Waals surface area contributed by atoms with E-state index in [1.54, 1.807) is 0 Å². The predicted octanol–water partition coefficient (Wildman–Crippen LogP) is 4.87. The van der Waals surface area contributed by atoms with Gasteiger partial charge in [0.15, 0.2) is 5.54 Å². The van der Waals surface area contributed by atoms with Crippen LogP contribution in [0.15, 0.2) is 97.1 Å². The first-order valence-electron chi connectivity index (χ1n) is 9.96. The lowest BCUT2D eigenvalue weighted by Crippen LogP contribution is -2.84. The van der Waals surface area contributed by atoms with Gasteiger partial charge in [0, 0.05) is 22.8 Å². The largest absolute Gasteiger partial charge is 0.456 e. The molecule has 1 aliphatic rings. The number of ether oxygens (including phenoxy) is 1. The standard InChI is InChI=1S/C27H25NO/c1-27(2,3)28-24(20-12-6-4-7-13-20)18-22-19-26(21-14-8-5-9-15-21)29-25-17-11-10-16-23(22)25/h4-19H,1-3H3/p+1/b22-18-,28-24?. The molecule has 29 heavy (non-hydrogen) atoms. The Kier molecular flexibility index (Phi) is 5.18. The minimum Gasteiger partial charge on any atom is -0.456 e. The number of hydrogen-bond donors (Lipinski definition) is 1. The van der Waals surface area contributed by atoms with Gasteiger partial charge in [0.2, 0.25) is 5.71 Å². The van der Waals surface area contributed by atoms with Gasteiger partial charge in [-0.15, -0.1) is 0 Å². The zero-order valence-electron chi connectivity index (χ0n) is 17.1. The van der Waals surface area contributed by atoms with Crippen LogP contribution < -0.4 is 9.73 Å². The van der Waals surface area contributed by atoms with E-state index in [0.717, 1.165) is 39.5 Å². The Morgan fingerprint density at radius 1 is 0.793 bits per heavy atom. The van der Waals surface area contributed by atoms with Gasteiger partial charge < -0.3 is 4.74 Å². The molecular formula is C27H26NO+. The van der Waals surface area contributed by atoms with Gasteiger partial charge in [0.05, 0.1) is 0 Å². The number of benzene rings is 3. The lowest BCUT2D eigenvalue weighted by atomic mass is 9.96. The molecule has 0 bridgehead atoms. The van der Waals surface area contributed by atoms with Gasteiger partial charge in [-0.25, -0.2) is 4.99 Å². The molecule has 0 saturated heterocycles. The normalized spacial score (nSPS) is 15.5. The molecule has 0 atom stereocenters. The van der Waals surface area contributed by atoms with Gasteiger partial charge in [0.1, 0.15) is 11.5 Å². The fraction of sp³-hybridized carbons (Fsp3) is 0.148. The van der Waals surface area contributed by atoms with Gasteiger partial charge in [-0.2, -0.15) is 0 Å². The number of rotatable bonds is 3. The third kappa shape index (κ3) is 4.55. The molecule has 0 fully saturated rings. The average Bonchev–Trinajstić information content (AvgIpc) is 2.73. The quantitative estimate of drug-likeness (QED) is 0.644. The van der Waals surface area contributed by atoms with Gasteiger partial charge in [-0.05, 0) is 50.6 Å². The van der Waals surface area contributed by atoms with Gasteiger partial charge >= 0.3 is 0 Å². The Morgan fingerprint density at radius 3 is 2.10 bits per heavy atom. The summed E-state index contributed by atoms with van der Waals surface area (Å²) in [6, 6.07) is 28.9. The highest BCUT2D eigenvalue weighted by Crippen LogP contribution is 2.36. The maximum absolute atomic E-state index is 6.23. The van der Waals surface area contributed by atoms with Gasteiger partial charge in [-0.3, -0.25) is 0 Å². The minimum atomic E-state index is -0.0567. The van der Waals surface area contributed by atoms with Crippen molar-refractivity contribution in [3.05, 3.63) is 114 Å². The molecule has 0 saturated carbocycles. The number of fused-ring (bicyclic) bond motifs is 1. The Balaban J connectivity index is 1.88. The lowest BCUT2D eigenvalue weighted by Gasteiger charge is -2.20. The fourth-order valence-electron chi connectivity index (χ4n) is 3.39. The summed E-state index contributed by atoms with van der Waals surface area (Å²) >= 11 is 0. The van der Waals surface area contributed by atoms with Crippen LogP contribution in [0.3, 0.4) is 0 Å². The molecule has 144 valence electrons. The average molecular weight is 381 g/mol. The molecule has 1 N–H and O–H groups in total. The highest BCUT2D eigenvalue weighted by atomic mass is 16.5. The molecule has 2 nitrogen and oxygen atoms in total. The molecule has 0 amide bonds. The molecule has 1 aliphatic heterocycles. The van der Waals surface area contributed by atoms with E-state index in [1.165, 1.54) is 0 Å². The highest BCUT2D eigenvalue weighted by Gasteiger charge is 2.22. The second-order valence-electron chi connectivity index (χ2n) is 8.23. The summed E-state index contributed by atoms with van der Waals surface area (Å²) in [6.07, 6.45) is 4.36. The highest BCUT2D eigenvalue weighted by molar-refractivity contribution is 6.11. The van der Waals surface area contributed by atoms with Crippen molar-refractivity contribution in [3.8, 4) is 5.75 Å². The summed E-state index contributed by atoms with van der Waals surface area (Å²) < 4.78 is 6.23. The van der Waals surface area contributed by atoms with Crippen molar-refractivity contribution < 1.29 is 9.73 Å². The summed E-state index contributed by atoms with van der Waals surface area (Å²) in [4.78, 5) is 3.68. The maximum Gasteiger partial charge on any atom is 0.206 e. The fourth-order valence-corrected chi connectivity index (χ4v) is 3.39. The van der Waals surface area contributed by atoms with Crippen molar-refractivity contribution in [3.63, 3.8) is 0 Å². The van der Waals surface area contributed by atoms with Crippen molar-refractivity contribution in [2.45, 2.75) is 26.3 Å². The zero-order valence-corrected chi connectivity index (χ0v) is 17.1. The monoisotopic (exact) mass is 380 g/mol. The minimum absolute atomic E-state index is 0.0567. The van der Waals surface area contributed by atoms with Crippen molar-refractivity contribution >= 4 is 17.0 Å². The zero-order chi connectivity index (χ0) is 20.3. The topological polar surface area (TPSA) is 23.2 Å². The number of nitrogens with one attached hydrogen (secondary N) is 1. The van der Waals surface area contributed by atoms with Crippen LogP contribution >= 0.6 is 0 Å². The maximum atomic E-state index is 6.23.